The number of ether oxygens (including phenoxy) is 1. The smallest absolute Gasteiger partial charge is 0.207 e. The Morgan fingerprint density at radius 2 is 2.00 bits per heavy atom. The van der Waals surface area contributed by atoms with Crippen molar-refractivity contribution in [2.45, 2.75) is 20.4 Å². The fourth-order valence-corrected chi connectivity index (χ4v) is 2.30. The predicted molar refractivity (Wildman–Crippen MR) is 83.3 cm³/mol. The maximum absolute atomic E-state index is 6.23. The number of rotatable bonds is 5. The summed E-state index contributed by atoms with van der Waals surface area (Å²) in [5.41, 5.74) is 2.62. The molecule has 4 nitrogen and oxygen atoms in total. The molecule has 0 bridgehead atoms. The van der Waals surface area contributed by atoms with E-state index in [0.29, 0.717) is 16.7 Å². The van der Waals surface area contributed by atoms with E-state index in [4.69, 9.17) is 27.9 Å². The molecular formula is C14H17Cl2N3O. The van der Waals surface area contributed by atoms with Crippen molar-refractivity contribution in [1.82, 2.24) is 9.55 Å². The Labute approximate surface area is 128 Å². The molecule has 0 fully saturated rings. The standard InChI is InChI=1S/C14H17Cl2N3O/c1-9-6-12(16)13(7-11(9)15)18-14-17-10(2)8-19(14)4-5-20-3/h6-8H,4-5H2,1-3H3,(H,17,18). The number of anilines is 2. The molecule has 0 unspecified atom stereocenters. The Balaban J connectivity index is 2.27. The third kappa shape index (κ3) is 3.45. The van der Waals surface area contributed by atoms with Crippen LogP contribution in [0.4, 0.5) is 11.6 Å². The average molecular weight is 314 g/mol. The Morgan fingerprint density at radius 3 is 2.70 bits per heavy atom. The molecule has 0 aliphatic carbocycles. The molecule has 0 radical (unpaired) electrons. The minimum atomic E-state index is 0.617. The lowest BCUT2D eigenvalue weighted by Gasteiger charge is -2.12. The topological polar surface area (TPSA) is 39.1 Å². The van der Waals surface area contributed by atoms with Gasteiger partial charge in [0.2, 0.25) is 5.95 Å². The molecule has 2 rings (SSSR count). The summed E-state index contributed by atoms with van der Waals surface area (Å²) in [5, 5.41) is 4.51. The van der Waals surface area contributed by atoms with Gasteiger partial charge in [-0.15, -0.1) is 0 Å². The molecule has 1 aromatic carbocycles. The van der Waals surface area contributed by atoms with Crippen LogP contribution in [0.1, 0.15) is 11.3 Å². The van der Waals surface area contributed by atoms with Gasteiger partial charge < -0.3 is 14.6 Å². The highest BCUT2D eigenvalue weighted by molar-refractivity contribution is 6.35. The van der Waals surface area contributed by atoms with E-state index < -0.39 is 0 Å². The average Bonchev–Trinajstić information content (AvgIpc) is 2.73. The minimum Gasteiger partial charge on any atom is -0.383 e. The number of halogens is 2. The first kappa shape index (κ1) is 15.2. The zero-order chi connectivity index (χ0) is 14.7. The number of aryl methyl sites for hydroxylation is 2. The van der Waals surface area contributed by atoms with Crippen LogP contribution in [0.3, 0.4) is 0 Å². The number of imidazole rings is 1. The summed E-state index contributed by atoms with van der Waals surface area (Å²) in [6.45, 7) is 5.20. The van der Waals surface area contributed by atoms with Gasteiger partial charge >= 0.3 is 0 Å². The van der Waals surface area contributed by atoms with Crippen LogP contribution in [0.25, 0.3) is 0 Å². The van der Waals surface area contributed by atoms with Crippen molar-refractivity contribution < 1.29 is 4.74 Å². The number of methoxy groups -OCH3 is 1. The molecular weight excluding hydrogens is 297 g/mol. The van der Waals surface area contributed by atoms with E-state index in [1.54, 1.807) is 7.11 Å². The summed E-state index contributed by atoms with van der Waals surface area (Å²) in [4.78, 5) is 4.45. The molecule has 20 heavy (non-hydrogen) atoms. The minimum absolute atomic E-state index is 0.617. The Kier molecular flexibility index (Phi) is 4.91. The molecule has 0 aliphatic heterocycles. The van der Waals surface area contributed by atoms with Crippen LogP contribution in [0.2, 0.25) is 10.0 Å². The van der Waals surface area contributed by atoms with Crippen LogP contribution in [0.5, 0.6) is 0 Å². The lowest BCUT2D eigenvalue weighted by Crippen LogP contribution is -2.07. The molecule has 6 heteroatoms. The van der Waals surface area contributed by atoms with Crippen LogP contribution in [0.15, 0.2) is 18.3 Å². The van der Waals surface area contributed by atoms with Crippen LogP contribution in [-0.2, 0) is 11.3 Å². The lowest BCUT2D eigenvalue weighted by atomic mass is 10.2. The summed E-state index contributed by atoms with van der Waals surface area (Å²) in [5.74, 6) is 0.723. The van der Waals surface area contributed by atoms with E-state index >= 15 is 0 Å². The van der Waals surface area contributed by atoms with Crippen molar-refractivity contribution >= 4 is 34.8 Å². The van der Waals surface area contributed by atoms with Crippen molar-refractivity contribution in [3.8, 4) is 0 Å². The fourth-order valence-electron chi connectivity index (χ4n) is 1.87. The third-order valence-electron chi connectivity index (χ3n) is 2.93. The largest absolute Gasteiger partial charge is 0.383 e. The SMILES string of the molecule is COCCn1cc(C)nc1Nc1cc(Cl)c(C)cc1Cl. The first-order valence-corrected chi connectivity index (χ1v) is 7.02. The summed E-state index contributed by atoms with van der Waals surface area (Å²) in [6, 6.07) is 3.64. The first-order valence-electron chi connectivity index (χ1n) is 6.26. The third-order valence-corrected chi connectivity index (χ3v) is 3.65. The normalized spacial score (nSPS) is 10.8. The number of aromatic nitrogens is 2. The van der Waals surface area contributed by atoms with Gasteiger partial charge in [-0.05, 0) is 31.5 Å². The Morgan fingerprint density at radius 1 is 1.25 bits per heavy atom. The summed E-state index contributed by atoms with van der Waals surface area (Å²) >= 11 is 12.4. The van der Waals surface area contributed by atoms with E-state index in [9.17, 15) is 0 Å². The van der Waals surface area contributed by atoms with Crippen molar-refractivity contribution in [2.75, 3.05) is 19.0 Å². The molecule has 0 spiro atoms. The molecule has 1 aromatic heterocycles. The number of benzene rings is 1. The first-order chi connectivity index (χ1) is 9.51. The van der Waals surface area contributed by atoms with E-state index in [1.807, 2.05) is 36.7 Å². The number of nitrogens with zero attached hydrogens (tertiary/aromatic N) is 2. The van der Waals surface area contributed by atoms with Crippen molar-refractivity contribution in [1.29, 1.82) is 0 Å². The fraction of sp³-hybridized carbons (Fsp3) is 0.357. The zero-order valence-corrected chi connectivity index (χ0v) is 13.2. The highest BCUT2D eigenvalue weighted by Crippen LogP contribution is 2.30. The van der Waals surface area contributed by atoms with Crippen molar-refractivity contribution in [3.05, 3.63) is 39.6 Å². The van der Waals surface area contributed by atoms with E-state index in [1.165, 1.54) is 0 Å². The van der Waals surface area contributed by atoms with Gasteiger partial charge in [0.05, 0.1) is 23.0 Å². The second-order valence-corrected chi connectivity index (χ2v) is 5.41. The van der Waals surface area contributed by atoms with Crippen LogP contribution in [-0.4, -0.2) is 23.3 Å². The summed E-state index contributed by atoms with van der Waals surface area (Å²) < 4.78 is 7.08. The van der Waals surface area contributed by atoms with Crippen LogP contribution < -0.4 is 5.32 Å². The molecule has 0 saturated carbocycles. The van der Waals surface area contributed by atoms with Crippen LogP contribution >= 0.6 is 23.2 Å². The number of nitrogens with one attached hydrogen (secondary N) is 1. The molecule has 1 heterocycles. The Hall–Kier alpha value is -1.23. The summed E-state index contributed by atoms with van der Waals surface area (Å²) in [7, 11) is 1.67. The van der Waals surface area contributed by atoms with E-state index in [-0.39, 0.29) is 0 Å². The maximum atomic E-state index is 6.23. The van der Waals surface area contributed by atoms with Crippen LogP contribution in [0, 0.1) is 13.8 Å². The molecule has 1 N–H and O–H groups in total. The highest BCUT2D eigenvalue weighted by atomic mass is 35.5. The predicted octanol–water partition coefficient (Wildman–Crippen LogP) is 4.20. The van der Waals surface area contributed by atoms with Gasteiger partial charge in [0.25, 0.3) is 0 Å². The van der Waals surface area contributed by atoms with Gasteiger partial charge in [-0.3, -0.25) is 0 Å². The molecule has 2 aromatic rings. The van der Waals surface area contributed by atoms with Gasteiger partial charge in [-0.25, -0.2) is 4.98 Å². The van der Waals surface area contributed by atoms with Gasteiger partial charge in [0, 0.05) is 24.9 Å². The molecule has 108 valence electrons. The van der Waals surface area contributed by atoms with E-state index in [0.717, 1.165) is 29.4 Å². The molecule has 0 atom stereocenters. The van der Waals surface area contributed by atoms with Gasteiger partial charge in [0.1, 0.15) is 0 Å². The summed E-state index contributed by atoms with van der Waals surface area (Å²) in [6.07, 6.45) is 1.96. The Bertz CT molecular complexity index is 611. The number of hydrogen-bond acceptors (Lipinski definition) is 3. The lowest BCUT2D eigenvalue weighted by molar-refractivity contribution is 0.188. The quantitative estimate of drug-likeness (QED) is 0.899. The molecule has 0 saturated heterocycles. The zero-order valence-electron chi connectivity index (χ0n) is 11.7. The van der Waals surface area contributed by atoms with Gasteiger partial charge in [0.15, 0.2) is 0 Å². The van der Waals surface area contributed by atoms with Crippen molar-refractivity contribution in [2.24, 2.45) is 0 Å². The highest BCUT2D eigenvalue weighted by Gasteiger charge is 2.10. The number of hydrogen-bond donors (Lipinski definition) is 1. The molecule has 0 aliphatic rings. The monoisotopic (exact) mass is 313 g/mol. The van der Waals surface area contributed by atoms with Crippen molar-refractivity contribution in [3.63, 3.8) is 0 Å². The van der Waals surface area contributed by atoms with E-state index in [2.05, 4.69) is 10.3 Å². The molecule has 0 amide bonds. The maximum Gasteiger partial charge on any atom is 0.207 e. The van der Waals surface area contributed by atoms with Gasteiger partial charge in [-0.1, -0.05) is 23.2 Å². The second kappa shape index (κ2) is 6.48. The second-order valence-electron chi connectivity index (χ2n) is 4.60. The van der Waals surface area contributed by atoms with Gasteiger partial charge in [-0.2, -0.15) is 0 Å².